The molecule has 8 heteroatoms. The summed E-state index contributed by atoms with van der Waals surface area (Å²) in [6, 6.07) is 7.59. The molecule has 2 aromatic rings. The number of nitrogens with zero attached hydrogens (tertiary/aromatic N) is 2. The summed E-state index contributed by atoms with van der Waals surface area (Å²) in [5, 5.41) is 6.02. The highest BCUT2D eigenvalue weighted by Gasteiger charge is 2.19. The Morgan fingerprint density at radius 1 is 1.35 bits per heavy atom. The number of imidazole rings is 1. The molecular formula is C18H22N4O4. The maximum Gasteiger partial charge on any atom is 0.343 e. The van der Waals surface area contributed by atoms with Crippen LogP contribution >= 0.6 is 0 Å². The van der Waals surface area contributed by atoms with Crippen LogP contribution in [0.4, 0.5) is 5.95 Å². The third-order valence-corrected chi connectivity index (χ3v) is 4.36. The monoisotopic (exact) mass is 358 g/mol. The molecule has 1 aromatic carbocycles. The Bertz CT molecular complexity index is 751. The van der Waals surface area contributed by atoms with Crippen molar-refractivity contribution in [2.75, 3.05) is 32.1 Å². The van der Waals surface area contributed by atoms with Crippen molar-refractivity contribution < 1.29 is 19.1 Å². The third kappa shape index (κ3) is 4.20. The van der Waals surface area contributed by atoms with E-state index in [1.54, 1.807) is 12.1 Å². The lowest BCUT2D eigenvalue weighted by Crippen LogP contribution is -2.29. The number of anilines is 1. The average Bonchev–Trinajstić information content (AvgIpc) is 3.11. The van der Waals surface area contributed by atoms with Gasteiger partial charge in [0.05, 0.1) is 12.8 Å². The summed E-state index contributed by atoms with van der Waals surface area (Å²) in [6.07, 6.45) is 4.59. The van der Waals surface area contributed by atoms with Crippen molar-refractivity contribution in [3.63, 3.8) is 0 Å². The molecule has 26 heavy (non-hydrogen) atoms. The SMILES string of the molecule is COC(=O)COc1ccc(-c2cn(C3CCNCC3)c(NC=O)n2)cc1. The highest BCUT2D eigenvalue weighted by atomic mass is 16.6. The van der Waals surface area contributed by atoms with Crippen molar-refractivity contribution >= 4 is 18.3 Å². The predicted octanol–water partition coefficient (Wildman–Crippen LogP) is 1.59. The lowest BCUT2D eigenvalue weighted by atomic mass is 10.1. The van der Waals surface area contributed by atoms with E-state index < -0.39 is 5.97 Å². The van der Waals surface area contributed by atoms with Gasteiger partial charge in [-0.1, -0.05) is 0 Å². The molecule has 2 heterocycles. The van der Waals surface area contributed by atoms with Gasteiger partial charge in [0.1, 0.15) is 5.75 Å². The molecule has 0 saturated carbocycles. The van der Waals surface area contributed by atoms with Crippen molar-refractivity contribution in [1.29, 1.82) is 0 Å². The summed E-state index contributed by atoms with van der Waals surface area (Å²) < 4.78 is 11.9. The van der Waals surface area contributed by atoms with Gasteiger partial charge in [0, 0.05) is 17.8 Å². The van der Waals surface area contributed by atoms with E-state index in [1.807, 2.05) is 22.9 Å². The van der Waals surface area contributed by atoms with E-state index in [-0.39, 0.29) is 6.61 Å². The van der Waals surface area contributed by atoms with E-state index in [0.29, 0.717) is 24.1 Å². The first-order chi connectivity index (χ1) is 12.7. The molecular weight excluding hydrogens is 336 g/mol. The van der Waals surface area contributed by atoms with Crippen LogP contribution in [0.5, 0.6) is 5.75 Å². The van der Waals surface area contributed by atoms with Crippen LogP contribution in [0.3, 0.4) is 0 Å². The quantitative estimate of drug-likeness (QED) is 0.577. The molecule has 138 valence electrons. The number of amides is 1. The lowest BCUT2D eigenvalue weighted by Gasteiger charge is -2.24. The maximum atomic E-state index is 11.1. The number of esters is 1. The Morgan fingerprint density at radius 2 is 2.08 bits per heavy atom. The predicted molar refractivity (Wildman–Crippen MR) is 96.0 cm³/mol. The highest BCUT2D eigenvalue weighted by Crippen LogP contribution is 2.28. The molecule has 8 nitrogen and oxygen atoms in total. The summed E-state index contributed by atoms with van der Waals surface area (Å²) in [5.41, 5.74) is 1.67. The van der Waals surface area contributed by atoms with Crippen LogP contribution < -0.4 is 15.4 Å². The van der Waals surface area contributed by atoms with E-state index in [1.165, 1.54) is 7.11 Å². The van der Waals surface area contributed by atoms with Crippen molar-refractivity contribution in [1.82, 2.24) is 14.9 Å². The molecule has 1 fully saturated rings. The molecule has 1 aromatic heterocycles. The van der Waals surface area contributed by atoms with Gasteiger partial charge in [0.25, 0.3) is 0 Å². The fourth-order valence-electron chi connectivity index (χ4n) is 2.98. The molecule has 0 unspecified atom stereocenters. The Labute approximate surface area is 151 Å². The first-order valence-corrected chi connectivity index (χ1v) is 8.51. The number of methoxy groups -OCH3 is 1. The molecule has 0 atom stereocenters. The minimum atomic E-state index is -0.431. The van der Waals surface area contributed by atoms with Crippen LogP contribution in [0.25, 0.3) is 11.3 Å². The smallest absolute Gasteiger partial charge is 0.343 e. The van der Waals surface area contributed by atoms with Crippen LogP contribution in [0.2, 0.25) is 0 Å². The number of rotatable bonds is 7. The Kier molecular flexibility index (Phi) is 5.85. The number of benzene rings is 1. The minimum Gasteiger partial charge on any atom is -0.482 e. The van der Waals surface area contributed by atoms with E-state index in [4.69, 9.17) is 4.74 Å². The van der Waals surface area contributed by atoms with Gasteiger partial charge in [0.15, 0.2) is 6.61 Å². The van der Waals surface area contributed by atoms with Gasteiger partial charge >= 0.3 is 5.97 Å². The number of piperidine rings is 1. The van der Waals surface area contributed by atoms with Gasteiger partial charge in [-0.2, -0.15) is 0 Å². The average molecular weight is 358 g/mol. The summed E-state index contributed by atoms with van der Waals surface area (Å²) in [7, 11) is 1.32. The largest absolute Gasteiger partial charge is 0.482 e. The molecule has 0 aliphatic carbocycles. The second kappa shape index (κ2) is 8.48. The Morgan fingerprint density at radius 3 is 2.73 bits per heavy atom. The second-order valence-corrected chi connectivity index (χ2v) is 5.99. The number of carbonyl (C=O) groups excluding carboxylic acids is 2. The zero-order chi connectivity index (χ0) is 18.4. The zero-order valence-electron chi connectivity index (χ0n) is 14.6. The molecule has 0 spiro atoms. The number of nitrogens with one attached hydrogen (secondary N) is 2. The Hall–Kier alpha value is -2.87. The number of ether oxygens (including phenoxy) is 2. The number of hydrogen-bond acceptors (Lipinski definition) is 6. The molecule has 2 N–H and O–H groups in total. The molecule has 3 rings (SSSR count). The lowest BCUT2D eigenvalue weighted by molar-refractivity contribution is -0.142. The van der Waals surface area contributed by atoms with Gasteiger partial charge in [-0.25, -0.2) is 9.78 Å². The number of carbonyl (C=O) groups is 2. The third-order valence-electron chi connectivity index (χ3n) is 4.36. The van der Waals surface area contributed by atoms with Crippen molar-refractivity contribution in [3.05, 3.63) is 30.5 Å². The number of aromatic nitrogens is 2. The molecule has 0 radical (unpaired) electrons. The highest BCUT2D eigenvalue weighted by molar-refractivity contribution is 5.71. The van der Waals surface area contributed by atoms with E-state index >= 15 is 0 Å². The van der Waals surface area contributed by atoms with Crippen molar-refractivity contribution in [2.24, 2.45) is 0 Å². The summed E-state index contributed by atoms with van der Waals surface area (Å²) >= 11 is 0. The molecule has 1 aliphatic rings. The van der Waals surface area contributed by atoms with Crippen molar-refractivity contribution in [3.8, 4) is 17.0 Å². The minimum absolute atomic E-state index is 0.131. The fourth-order valence-corrected chi connectivity index (χ4v) is 2.98. The van der Waals surface area contributed by atoms with Gasteiger partial charge in [-0.05, 0) is 50.2 Å². The molecule has 1 saturated heterocycles. The fraction of sp³-hybridized carbons (Fsp3) is 0.389. The van der Waals surface area contributed by atoms with Gasteiger partial charge < -0.3 is 19.4 Å². The topological polar surface area (TPSA) is 94.5 Å². The first-order valence-electron chi connectivity index (χ1n) is 8.51. The normalized spacial score (nSPS) is 14.7. The number of hydrogen-bond donors (Lipinski definition) is 2. The van der Waals surface area contributed by atoms with Crippen LogP contribution in [0.15, 0.2) is 30.5 Å². The molecule has 0 bridgehead atoms. The van der Waals surface area contributed by atoms with Gasteiger partial charge in [0.2, 0.25) is 12.4 Å². The first kappa shape index (κ1) is 17.9. The van der Waals surface area contributed by atoms with Crippen LogP contribution in [-0.2, 0) is 14.3 Å². The second-order valence-electron chi connectivity index (χ2n) is 5.99. The summed E-state index contributed by atoms with van der Waals surface area (Å²) in [6.45, 7) is 1.77. The van der Waals surface area contributed by atoms with Crippen molar-refractivity contribution in [2.45, 2.75) is 18.9 Å². The molecule has 1 amide bonds. The van der Waals surface area contributed by atoms with Gasteiger partial charge in [-0.3, -0.25) is 10.1 Å². The Balaban J connectivity index is 1.77. The van der Waals surface area contributed by atoms with E-state index in [2.05, 4.69) is 20.4 Å². The summed E-state index contributed by atoms with van der Waals surface area (Å²) in [4.78, 5) is 26.6. The van der Waals surface area contributed by atoms with Crippen LogP contribution in [0.1, 0.15) is 18.9 Å². The summed E-state index contributed by atoms with van der Waals surface area (Å²) in [5.74, 6) is 0.690. The molecule has 1 aliphatic heterocycles. The van der Waals surface area contributed by atoms with Gasteiger partial charge in [-0.15, -0.1) is 0 Å². The van der Waals surface area contributed by atoms with Crippen LogP contribution in [0, 0.1) is 0 Å². The van der Waals surface area contributed by atoms with E-state index in [9.17, 15) is 9.59 Å². The standard InChI is InChI=1S/C18H22N4O4/c1-25-17(24)11-26-15-4-2-13(3-5-15)16-10-22(18(21-16)20-12-23)14-6-8-19-9-7-14/h2-5,10,12,14,19H,6-9,11H2,1H3,(H,20,21,23). The zero-order valence-corrected chi connectivity index (χ0v) is 14.6. The maximum absolute atomic E-state index is 11.1. The van der Waals surface area contributed by atoms with E-state index in [0.717, 1.165) is 37.2 Å². The van der Waals surface area contributed by atoms with Crippen LogP contribution in [-0.4, -0.2) is 48.7 Å².